The van der Waals surface area contributed by atoms with Gasteiger partial charge in [0.2, 0.25) is 11.8 Å². The third-order valence-electron chi connectivity index (χ3n) is 3.58. The second-order valence-corrected chi connectivity index (χ2v) is 6.12. The molecule has 2 amide bonds. The van der Waals surface area contributed by atoms with E-state index in [-0.39, 0.29) is 22.7 Å². The predicted molar refractivity (Wildman–Crippen MR) is 64.0 cm³/mol. The first-order valence-electron chi connectivity index (χ1n) is 5.70. The molecule has 0 bridgehead atoms. The highest BCUT2D eigenvalue weighted by atomic mass is 32.2. The fraction of sp³-hybridized carbons (Fsp3) is 0.818. The molecule has 4 nitrogen and oxygen atoms in total. The maximum Gasteiger partial charge on any atom is 0.246 e. The molecule has 0 spiro atoms. The second-order valence-electron chi connectivity index (χ2n) is 4.62. The van der Waals surface area contributed by atoms with Gasteiger partial charge in [-0.05, 0) is 20.3 Å². The lowest BCUT2D eigenvalue weighted by molar-refractivity contribution is -0.142. The van der Waals surface area contributed by atoms with Gasteiger partial charge in [-0.15, -0.1) is 11.8 Å². The molecule has 90 valence electrons. The highest BCUT2D eigenvalue weighted by Gasteiger charge is 2.53. The normalized spacial score (nSPS) is 33.1. The maximum absolute atomic E-state index is 12.1. The van der Waals surface area contributed by atoms with Gasteiger partial charge in [-0.2, -0.15) is 0 Å². The fourth-order valence-electron chi connectivity index (χ4n) is 2.41. The topological polar surface area (TPSA) is 40.6 Å². The average molecular weight is 242 g/mol. The Kier molecular flexibility index (Phi) is 2.90. The Balaban J connectivity index is 2.19. The molecule has 2 aliphatic heterocycles. The zero-order valence-corrected chi connectivity index (χ0v) is 10.8. The van der Waals surface area contributed by atoms with Crippen molar-refractivity contribution in [2.45, 2.75) is 37.6 Å². The Labute approximate surface area is 100 Å². The van der Waals surface area contributed by atoms with E-state index in [1.807, 2.05) is 11.8 Å². The molecule has 5 heteroatoms. The summed E-state index contributed by atoms with van der Waals surface area (Å²) in [6.07, 6.45) is 1.46. The highest BCUT2D eigenvalue weighted by Crippen LogP contribution is 2.47. The highest BCUT2D eigenvalue weighted by molar-refractivity contribution is 8.01. The van der Waals surface area contributed by atoms with E-state index in [1.54, 1.807) is 23.7 Å². The Hall–Kier alpha value is -0.710. The van der Waals surface area contributed by atoms with Gasteiger partial charge in [0.25, 0.3) is 0 Å². The van der Waals surface area contributed by atoms with Crippen LogP contribution >= 0.6 is 11.8 Å². The van der Waals surface area contributed by atoms with Crippen LogP contribution in [-0.4, -0.2) is 51.9 Å². The lowest BCUT2D eigenvalue weighted by Crippen LogP contribution is -2.50. The molecule has 2 rings (SSSR count). The van der Waals surface area contributed by atoms with E-state index in [9.17, 15) is 9.59 Å². The monoisotopic (exact) mass is 242 g/mol. The number of hydrogen-bond acceptors (Lipinski definition) is 3. The van der Waals surface area contributed by atoms with Gasteiger partial charge in [0.15, 0.2) is 0 Å². The molecule has 0 unspecified atom stereocenters. The lowest BCUT2D eigenvalue weighted by atomic mass is 10.2. The van der Waals surface area contributed by atoms with E-state index in [1.165, 1.54) is 0 Å². The second kappa shape index (κ2) is 3.95. The zero-order chi connectivity index (χ0) is 11.9. The molecule has 2 fully saturated rings. The first kappa shape index (κ1) is 11.8. The first-order chi connectivity index (χ1) is 7.49. The van der Waals surface area contributed by atoms with Gasteiger partial charge in [0.1, 0.15) is 6.04 Å². The van der Waals surface area contributed by atoms with Crippen LogP contribution in [0.4, 0.5) is 0 Å². The van der Waals surface area contributed by atoms with Crippen LogP contribution in [0.1, 0.15) is 26.7 Å². The SMILES string of the molecule is CCN(C)C(=O)[C@H]1CS[C@@]2(C)CCC(=O)N12. The molecule has 2 saturated heterocycles. The summed E-state index contributed by atoms with van der Waals surface area (Å²) in [6.45, 7) is 4.71. The minimum atomic E-state index is -0.241. The standard InChI is InChI=1S/C11H18N2O2S/c1-4-12(3)10(15)8-7-16-11(2)6-5-9(14)13(8)11/h8H,4-7H2,1-3H3/t8-,11+/m1/s1. The number of rotatable bonds is 2. The molecule has 0 saturated carbocycles. The number of carbonyl (C=O) groups is 2. The molecular weight excluding hydrogens is 224 g/mol. The van der Waals surface area contributed by atoms with E-state index >= 15 is 0 Å². The van der Waals surface area contributed by atoms with Gasteiger partial charge in [0, 0.05) is 25.8 Å². The molecule has 2 atom stereocenters. The number of hydrogen-bond donors (Lipinski definition) is 0. The van der Waals surface area contributed by atoms with Crippen LogP contribution in [0, 0.1) is 0 Å². The zero-order valence-electron chi connectivity index (χ0n) is 10.0. The Morgan fingerprint density at radius 2 is 2.38 bits per heavy atom. The summed E-state index contributed by atoms with van der Waals surface area (Å²) in [5.41, 5.74) is 0. The molecule has 16 heavy (non-hydrogen) atoms. The summed E-state index contributed by atoms with van der Waals surface area (Å²) in [7, 11) is 1.79. The fourth-order valence-corrected chi connectivity index (χ4v) is 3.84. The molecule has 0 aromatic heterocycles. The van der Waals surface area contributed by atoms with Crippen molar-refractivity contribution in [3.63, 3.8) is 0 Å². The van der Waals surface area contributed by atoms with E-state index in [2.05, 4.69) is 6.92 Å². The summed E-state index contributed by atoms with van der Waals surface area (Å²) in [5, 5.41) is 0. The third kappa shape index (κ3) is 1.61. The molecule has 0 radical (unpaired) electrons. The summed E-state index contributed by atoms with van der Waals surface area (Å²) in [4.78, 5) is 27.3. The van der Waals surface area contributed by atoms with E-state index < -0.39 is 0 Å². The Morgan fingerprint density at radius 1 is 1.69 bits per heavy atom. The number of likely N-dealkylation sites (N-methyl/N-ethyl adjacent to an activating group) is 1. The number of amides is 2. The van der Waals surface area contributed by atoms with E-state index in [4.69, 9.17) is 0 Å². The van der Waals surface area contributed by atoms with Gasteiger partial charge in [-0.1, -0.05) is 0 Å². The number of thioether (sulfide) groups is 1. The number of carbonyl (C=O) groups excluding carboxylic acids is 2. The Bertz CT molecular complexity index is 334. The van der Waals surface area contributed by atoms with Crippen LogP contribution in [0.5, 0.6) is 0 Å². The van der Waals surface area contributed by atoms with Crippen LogP contribution in [0.3, 0.4) is 0 Å². The molecule has 0 aromatic carbocycles. The van der Waals surface area contributed by atoms with Crippen molar-refractivity contribution in [3.05, 3.63) is 0 Å². The van der Waals surface area contributed by atoms with Crippen molar-refractivity contribution in [2.75, 3.05) is 19.3 Å². The van der Waals surface area contributed by atoms with Crippen LogP contribution in [-0.2, 0) is 9.59 Å². The van der Waals surface area contributed by atoms with E-state index in [0.29, 0.717) is 13.0 Å². The van der Waals surface area contributed by atoms with Crippen molar-refractivity contribution in [1.82, 2.24) is 9.80 Å². The van der Waals surface area contributed by atoms with Crippen molar-refractivity contribution in [3.8, 4) is 0 Å². The van der Waals surface area contributed by atoms with Crippen LogP contribution in [0.2, 0.25) is 0 Å². The summed E-state index contributed by atoms with van der Waals surface area (Å²) < 4.78 is 0. The minimum absolute atomic E-state index is 0.0778. The molecule has 0 aliphatic carbocycles. The van der Waals surface area contributed by atoms with Crippen LogP contribution < -0.4 is 0 Å². The Morgan fingerprint density at radius 3 is 3.00 bits per heavy atom. The smallest absolute Gasteiger partial charge is 0.246 e. The summed E-state index contributed by atoms with van der Waals surface area (Å²) >= 11 is 1.74. The minimum Gasteiger partial charge on any atom is -0.344 e. The summed E-state index contributed by atoms with van der Waals surface area (Å²) in [5.74, 6) is 0.954. The van der Waals surface area contributed by atoms with Crippen molar-refractivity contribution < 1.29 is 9.59 Å². The predicted octanol–water partition coefficient (Wildman–Crippen LogP) is 0.919. The number of nitrogens with zero attached hydrogens (tertiary/aromatic N) is 2. The van der Waals surface area contributed by atoms with Crippen molar-refractivity contribution in [2.24, 2.45) is 0 Å². The quantitative estimate of drug-likeness (QED) is 0.723. The van der Waals surface area contributed by atoms with Crippen LogP contribution in [0.15, 0.2) is 0 Å². The third-order valence-corrected chi connectivity index (χ3v) is 5.09. The van der Waals surface area contributed by atoms with Gasteiger partial charge >= 0.3 is 0 Å². The number of fused-ring (bicyclic) bond motifs is 1. The maximum atomic E-state index is 12.1. The molecular formula is C11H18N2O2S. The molecule has 0 N–H and O–H groups in total. The van der Waals surface area contributed by atoms with Gasteiger partial charge < -0.3 is 9.80 Å². The van der Waals surface area contributed by atoms with Gasteiger partial charge in [-0.25, -0.2) is 0 Å². The van der Waals surface area contributed by atoms with E-state index in [0.717, 1.165) is 12.2 Å². The first-order valence-corrected chi connectivity index (χ1v) is 6.69. The van der Waals surface area contributed by atoms with Gasteiger partial charge in [0.05, 0.1) is 4.87 Å². The molecule has 0 aromatic rings. The van der Waals surface area contributed by atoms with Crippen LogP contribution in [0.25, 0.3) is 0 Å². The molecule has 2 heterocycles. The lowest BCUT2D eigenvalue weighted by Gasteiger charge is -2.31. The summed E-state index contributed by atoms with van der Waals surface area (Å²) in [6, 6.07) is -0.241. The molecule has 2 aliphatic rings. The largest absolute Gasteiger partial charge is 0.344 e. The average Bonchev–Trinajstić information content (AvgIpc) is 2.75. The van der Waals surface area contributed by atoms with Gasteiger partial charge in [-0.3, -0.25) is 9.59 Å². The van der Waals surface area contributed by atoms with Crippen molar-refractivity contribution >= 4 is 23.6 Å². The van der Waals surface area contributed by atoms with Crippen molar-refractivity contribution in [1.29, 1.82) is 0 Å².